The Kier molecular flexibility index (Phi) is 4.30. The van der Waals surface area contributed by atoms with Crippen LogP contribution in [0.4, 0.5) is 0 Å². The second kappa shape index (κ2) is 6.19. The molecule has 1 atom stereocenters. The lowest BCUT2D eigenvalue weighted by molar-refractivity contribution is -0.129. The molecule has 21 heavy (non-hydrogen) atoms. The van der Waals surface area contributed by atoms with Gasteiger partial charge in [0.15, 0.2) is 11.0 Å². The van der Waals surface area contributed by atoms with Crippen molar-refractivity contribution in [2.45, 2.75) is 30.2 Å². The number of hydrogen-bond donors (Lipinski definition) is 0. The molecule has 1 amide bonds. The number of carbonyl (C=O) groups is 1. The summed E-state index contributed by atoms with van der Waals surface area (Å²) in [5.41, 5.74) is 0. The number of nitrogens with zero attached hydrogens (tertiary/aromatic N) is 4. The third-order valence-electron chi connectivity index (χ3n) is 3.62. The fourth-order valence-corrected chi connectivity index (χ4v) is 4.08. The highest BCUT2D eigenvalue weighted by atomic mass is 32.2. The Bertz CT molecular complexity index is 617. The van der Waals surface area contributed by atoms with Crippen LogP contribution in [-0.2, 0) is 11.8 Å². The Labute approximate surface area is 132 Å². The van der Waals surface area contributed by atoms with Crippen LogP contribution >= 0.6 is 23.1 Å². The van der Waals surface area contributed by atoms with Crippen LogP contribution in [0.25, 0.3) is 10.7 Å². The van der Waals surface area contributed by atoms with E-state index in [4.69, 9.17) is 0 Å². The molecule has 0 saturated carbocycles. The van der Waals surface area contributed by atoms with Gasteiger partial charge < -0.3 is 9.47 Å². The van der Waals surface area contributed by atoms with Gasteiger partial charge in [-0.05, 0) is 31.2 Å². The summed E-state index contributed by atoms with van der Waals surface area (Å²) in [5, 5.41) is 11.2. The van der Waals surface area contributed by atoms with Crippen LogP contribution in [0, 0.1) is 0 Å². The highest BCUT2D eigenvalue weighted by molar-refractivity contribution is 8.00. The number of likely N-dealkylation sites (tertiary alicyclic amines) is 1. The van der Waals surface area contributed by atoms with Crippen molar-refractivity contribution in [3.8, 4) is 10.7 Å². The van der Waals surface area contributed by atoms with Crippen molar-refractivity contribution in [1.82, 2.24) is 19.7 Å². The molecule has 1 saturated heterocycles. The molecule has 0 aliphatic carbocycles. The van der Waals surface area contributed by atoms with Gasteiger partial charge in [0.2, 0.25) is 5.91 Å². The van der Waals surface area contributed by atoms with E-state index in [0.29, 0.717) is 0 Å². The number of hydrogen-bond acceptors (Lipinski definition) is 5. The average molecular weight is 322 g/mol. The van der Waals surface area contributed by atoms with Crippen molar-refractivity contribution in [2.75, 3.05) is 13.1 Å². The van der Waals surface area contributed by atoms with E-state index in [1.807, 2.05) is 41.0 Å². The SMILES string of the molecule is C[C@H](Sc1nnc(-c2cccs2)n1C)C(=O)N1CCCC1. The lowest BCUT2D eigenvalue weighted by Crippen LogP contribution is -2.34. The van der Waals surface area contributed by atoms with Gasteiger partial charge in [-0.15, -0.1) is 21.5 Å². The van der Waals surface area contributed by atoms with Crippen molar-refractivity contribution in [1.29, 1.82) is 0 Å². The van der Waals surface area contributed by atoms with E-state index in [9.17, 15) is 4.79 Å². The Morgan fingerprint density at radius 1 is 1.38 bits per heavy atom. The Morgan fingerprint density at radius 2 is 2.14 bits per heavy atom. The van der Waals surface area contributed by atoms with Crippen molar-refractivity contribution >= 4 is 29.0 Å². The standard InChI is InChI=1S/C14H18N4OS2/c1-10(13(19)18-7-3-4-8-18)21-14-16-15-12(17(14)2)11-6-5-9-20-11/h5-6,9-10H,3-4,7-8H2,1-2H3/t10-/m0/s1. The van der Waals surface area contributed by atoms with Crippen LogP contribution in [0.15, 0.2) is 22.7 Å². The molecule has 0 aromatic carbocycles. The number of thiophene rings is 1. The maximum absolute atomic E-state index is 12.3. The van der Waals surface area contributed by atoms with E-state index in [-0.39, 0.29) is 11.2 Å². The molecule has 7 heteroatoms. The van der Waals surface area contributed by atoms with Crippen LogP contribution in [0.2, 0.25) is 0 Å². The molecule has 0 radical (unpaired) electrons. The smallest absolute Gasteiger partial charge is 0.235 e. The minimum absolute atomic E-state index is 0.123. The number of rotatable bonds is 4. The topological polar surface area (TPSA) is 51.0 Å². The predicted molar refractivity (Wildman–Crippen MR) is 85.4 cm³/mol. The van der Waals surface area contributed by atoms with Gasteiger partial charge in [0.25, 0.3) is 0 Å². The summed E-state index contributed by atoms with van der Waals surface area (Å²) in [6, 6.07) is 4.03. The van der Waals surface area contributed by atoms with Gasteiger partial charge in [-0.2, -0.15) is 0 Å². The van der Waals surface area contributed by atoms with Gasteiger partial charge in [-0.3, -0.25) is 4.79 Å². The van der Waals surface area contributed by atoms with Crippen molar-refractivity contribution in [3.05, 3.63) is 17.5 Å². The van der Waals surface area contributed by atoms with Gasteiger partial charge >= 0.3 is 0 Å². The van der Waals surface area contributed by atoms with Gasteiger partial charge in [0.05, 0.1) is 10.1 Å². The highest BCUT2D eigenvalue weighted by Gasteiger charge is 2.25. The molecule has 2 aromatic rings. The quantitative estimate of drug-likeness (QED) is 0.812. The molecule has 0 bridgehead atoms. The van der Waals surface area contributed by atoms with E-state index in [1.165, 1.54) is 11.8 Å². The lowest BCUT2D eigenvalue weighted by Gasteiger charge is -2.19. The first kappa shape index (κ1) is 14.6. The zero-order valence-electron chi connectivity index (χ0n) is 12.2. The summed E-state index contributed by atoms with van der Waals surface area (Å²) < 4.78 is 1.96. The first-order valence-corrected chi connectivity index (χ1v) is 8.81. The van der Waals surface area contributed by atoms with Crippen molar-refractivity contribution in [3.63, 3.8) is 0 Å². The van der Waals surface area contributed by atoms with E-state index in [2.05, 4.69) is 10.2 Å². The average Bonchev–Trinajstić information content (AvgIpc) is 3.20. The summed E-state index contributed by atoms with van der Waals surface area (Å²) >= 11 is 3.13. The molecule has 112 valence electrons. The summed E-state index contributed by atoms with van der Waals surface area (Å²) in [6.45, 7) is 3.73. The summed E-state index contributed by atoms with van der Waals surface area (Å²) in [4.78, 5) is 15.4. The third kappa shape index (κ3) is 2.98. The molecule has 3 heterocycles. The van der Waals surface area contributed by atoms with E-state index >= 15 is 0 Å². The maximum atomic E-state index is 12.3. The summed E-state index contributed by atoms with van der Waals surface area (Å²) in [6.07, 6.45) is 2.24. The highest BCUT2D eigenvalue weighted by Crippen LogP contribution is 2.28. The van der Waals surface area contributed by atoms with E-state index in [1.54, 1.807) is 11.3 Å². The maximum Gasteiger partial charge on any atom is 0.235 e. The van der Waals surface area contributed by atoms with Gasteiger partial charge in [-0.25, -0.2) is 0 Å². The molecule has 2 aromatic heterocycles. The zero-order chi connectivity index (χ0) is 14.8. The molecule has 0 spiro atoms. The summed E-state index contributed by atoms with van der Waals surface area (Å²) in [5.74, 6) is 1.06. The first-order valence-electron chi connectivity index (χ1n) is 7.05. The van der Waals surface area contributed by atoms with Crippen LogP contribution in [0.1, 0.15) is 19.8 Å². The van der Waals surface area contributed by atoms with Crippen LogP contribution in [-0.4, -0.2) is 43.9 Å². The Hall–Kier alpha value is -1.34. The third-order valence-corrected chi connectivity index (χ3v) is 5.61. The van der Waals surface area contributed by atoms with Crippen LogP contribution in [0.3, 0.4) is 0 Å². The summed E-state index contributed by atoms with van der Waals surface area (Å²) in [7, 11) is 1.95. The van der Waals surface area contributed by atoms with Crippen LogP contribution < -0.4 is 0 Å². The number of amides is 1. The molecule has 0 unspecified atom stereocenters. The van der Waals surface area contributed by atoms with E-state index in [0.717, 1.165) is 41.8 Å². The largest absolute Gasteiger partial charge is 0.342 e. The molecule has 1 aliphatic rings. The monoisotopic (exact) mass is 322 g/mol. The fourth-order valence-electron chi connectivity index (χ4n) is 2.44. The van der Waals surface area contributed by atoms with Crippen molar-refractivity contribution in [2.24, 2.45) is 7.05 Å². The minimum atomic E-state index is -0.123. The normalized spacial score (nSPS) is 16.4. The number of thioether (sulfide) groups is 1. The molecular formula is C14H18N4OS2. The second-order valence-electron chi connectivity index (χ2n) is 5.13. The van der Waals surface area contributed by atoms with Gasteiger partial charge in [-0.1, -0.05) is 17.8 Å². The first-order chi connectivity index (χ1) is 10.2. The van der Waals surface area contributed by atoms with Crippen molar-refractivity contribution < 1.29 is 4.79 Å². The lowest BCUT2D eigenvalue weighted by atomic mass is 10.4. The molecule has 5 nitrogen and oxygen atoms in total. The predicted octanol–water partition coefficient (Wildman–Crippen LogP) is 2.65. The number of aromatic nitrogens is 3. The number of carbonyl (C=O) groups excluding carboxylic acids is 1. The van der Waals surface area contributed by atoms with Gasteiger partial charge in [0, 0.05) is 20.1 Å². The molecular weight excluding hydrogens is 304 g/mol. The molecule has 3 rings (SSSR count). The molecule has 0 N–H and O–H groups in total. The Balaban J connectivity index is 1.71. The minimum Gasteiger partial charge on any atom is -0.342 e. The Morgan fingerprint density at radius 3 is 2.81 bits per heavy atom. The van der Waals surface area contributed by atoms with Crippen LogP contribution in [0.5, 0.6) is 0 Å². The second-order valence-corrected chi connectivity index (χ2v) is 7.39. The van der Waals surface area contributed by atoms with Gasteiger partial charge in [0.1, 0.15) is 0 Å². The molecule has 1 aliphatic heterocycles. The van der Waals surface area contributed by atoms with E-state index < -0.39 is 0 Å². The fraction of sp³-hybridized carbons (Fsp3) is 0.500. The zero-order valence-corrected chi connectivity index (χ0v) is 13.8. The molecule has 1 fully saturated rings.